The third kappa shape index (κ3) is 2.81. The van der Waals surface area contributed by atoms with Crippen molar-refractivity contribution in [1.82, 2.24) is 4.98 Å². The molecule has 0 aliphatic carbocycles. The van der Waals surface area contributed by atoms with E-state index in [1.54, 1.807) is 12.1 Å². The standard InChI is InChI=1S/C12H12N2O4S2/c1-18-12(15)9-10(13)19-11(14-9)7-4-3-5-8(6-7)20(2,16)17/h3-6H,13H2,1-2H3. The largest absolute Gasteiger partial charge is 0.464 e. The summed E-state index contributed by atoms with van der Waals surface area (Å²) in [5.41, 5.74) is 6.34. The first-order valence-electron chi connectivity index (χ1n) is 5.48. The Morgan fingerprint density at radius 1 is 1.40 bits per heavy atom. The van der Waals surface area contributed by atoms with Crippen LogP contribution in [0.15, 0.2) is 29.2 Å². The lowest BCUT2D eigenvalue weighted by molar-refractivity contribution is 0.0596. The maximum absolute atomic E-state index is 11.5. The van der Waals surface area contributed by atoms with E-state index in [9.17, 15) is 13.2 Å². The van der Waals surface area contributed by atoms with E-state index in [0.29, 0.717) is 10.6 Å². The number of ether oxygens (including phenoxy) is 1. The van der Waals surface area contributed by atoms with Gasteiger partial charge in [-0.25, -0.2) is 18.2 Å². The van der Waals surface area contributed by atoms with Crippen molar-refractivity contribution in [1.29, 1.82) is 0 Å². The topological polar surface area (TPSA) is 99.3 Å². The molecule has 2 rings (SSSR count). The Balaban J connectivity index is 2.50. The van der Waals surface area contributed by atoms with Gasteiger partial charge in [0.05, 0.1) is 12.0 Å². The van der Waals surface area contributed by atoms with E-state index in [1.165, 1.54) is 19.2 Å². The second-order valence-electron chi connectivity index (χ2n) is 4.02. The molecule has 0 radical (unpaired) electrons. The monoisotopic (exact) mass is 312 g/mol. The van der Waals surface area contributed by atoms with Crippen molar-refractivity contribution in [2.24, 2.45) is 0 Å². The highest BCUT2D eigenvalue weighted by molar-refractivity contribution is 7.90. The molecule has 2 aromatic rings. The number of carbonyl (C=O) groups excluding carboxylic acids is 1. The van der Waals surface area contributed by atoms with Crippen LogP contribution in [-0.2, 0) is 14.6 Å². The van der Waals surface area contributed by atoms with Crippen molar-refractivity contribution in [3.63, 3.8) is 0 Å². The van der Waals surface area contributed by atoms with Crippen LogP contribution >= 0.6 is 11.3 Å². The predicted octanol–water partition coefficient (Wildman–Crippen LogP) is 1.58. The Labute approximate surface area is 120 Å². The van der Waals surface area contributed by atoms with Gasteiger partial charge in [-0.1, -0.05) is 23.5 Å². The molecule has 0 atom stereocenters. The maximum atomic E-state index is 11.5. The zero-order valence-corrected chi connectivity index (χ0v) is 12.4. The number of aromatic nitrogens is 1. The molecule has 0 amide bonds. The van der Waals surface area contributed by atoms with Gasteiger partial charge in [-0.3, -0.25) is 0 Å². The molecular formula is C12H12N2O4S2. The summed E-state index contributed by atoms with van der Waals surface area (Å²) >= 11 is 1.10. The van der Waals surface area contributed by atoms with Gasteiger partial charge >= 0.3 is 5.97 Å². The molecule has 2 N–H and O–H groups in total. The first-order chi connectivity index (χ1) is 9.32. The molecule has 0 aliphatic heterocycles. The molecule has 1 aromatic carbocycles. The SMILES string of the molecule is COC(=O)c1nc(-c2cccc(S(C)(=O)=O)c2)sc1N. The average Bonchev–Trinajstić information content (AvgIpc) is 2.79. The fourth-order valence-electron chi connectivity index (χ4n) is 1.56. The summed E-state index contributed by atoms with van der Waals surface area (Å²) in [6.45, 7) is 0. The van der Waals surface area contributed by atoms with Crippen LogP contribution in [0.5, 0.6) is 0 Å². The van der Waals surface area contributed by atoms with Crippen molar-refractivity contribution < 1.29 is 17.9 Å². The van der Waals surface area contributed by atoms with Crippen LogP contribution in [0.25, 0.3) is 10.6 Å². The number of methoxy groups -OCH3 is 1. The van der Waals surface area contributed by atoms with Crippen LogP contribution in [0.2, 0.25) is 0 Å². The van der Waals surface area contributed by atoms with E-state index in [2.05, 4.69) is 9.72 Å². The lowest BCUT2D eigenvalue weighted by atomic mass is 10.2. The van der Waals surface area contributed by atoms with Crippen LogP contribution in [0, 0.1) is 0 Å². The number of esters is 1. The van der Waals surface area contributed by atoms with Gasteiger partial charge in [0.2, 0.25) is 0 Å². The van der Waals surface area contributed by atoms with Gasteiger partial charge in [-0.15, -0.1) is 0 Å². The lowest BCUT2D eigenvalue weighted by Crippen LogP contribution is -2.04. The number of nitrogens with two attached hydrogens (primary N) is 1. The fraction of sp³-hybridized carbons (Fsp3) is 0.167. The fourth-order valence-corrected chi connectivity index (χ4v) is 3.04. The number of nitrogen functional groups attached to an aromatic ring is 1. The number of hydrogen-bond donors (Lipinski definition) is 1. The molecule has 106 valence electrons. The van der Waals surface area contributed by atoms with E-state index in [-0.39, 0.29) is 15.6 Å². The molecule has 0 aliphatic rings. The normalized spacial score (nSPS) is 11.3. The quantitative estimate of drug-likeness (QED) is 0.864. The highest BCUT2D eigenvalue weighted by atomic mass is 32.2. The molecule has 0 saturated heterocycles. The predicted molar refractivity (Wildman–Crippen MR) is 76.4 cm³/mol. The van der Waals surface area contributed by atoms with E-state index in [4.69, 9.17) is 5.73 Å². The Morgan fingerprint density at radius 2 is 2.10 bits per heavy atom. The number of sulfone groups is 1. The van der Waals surface area contributed by atoms with Gasteiger partial charge in [0.1, 0.15) is 10.0 Å². The molecule has 0 unspecified atom stereocenters. The lowest BCUT2D eigenvalue weighted by Gasteiger charge is -2.00. The molecule has 8 heteroatoms. The Bertz CT molecular complexity index is 766. The number of carbonyl (C=O) groups is 1. The second-order valence-corrected chi connectivity index (χ2v) is 7.07. The number of benzene rings is 1. The van der Waals surface area contributed by atoms with Crippen molar-refractivity contribution in [3.05, 3.63) is 30.0 Å². The van der Waals surface area contributed by atoms with Gasteiger partial charge in [-0.05, 0) is 12.1 Å². The molecule has 0 bridgehead atoms. The number of hydrogen-bond acceptors (Lipinski definition) is 7. The number of rotatable bonds is 3. The van der Waals surface area contributed by atoms with Crippen LogP contribution in [0.1, 0.15) is 10.5 Å². The summed E-state index contributed by atoms with van der Waals surface area (Å²) in [5, 5.41) is 0.699. The van der Waals surface area contributed by atoms with Crippen LogP contribution < -0.4 is 5.73 Å². The third-order valence-corrected chi connectivity index (χ3v) is 4.59. The summed E-state index contributed by atoms with van der Waals surface area (Å²) < 4.78 is 27.6. The van der Waals surface area contributed by atoms with Gasteiger partial charge in [0, 0.05) is 11.8 Å². The Hall–Kier alpha value is -1.93. The number of thiazole rings is 1. The van der Waals surface area contributed by atoms with Crippen molar-refractivity contribution in [2.45, 2.75) is 4.90 Å². The van der Waals surface area contributed by atoms with Gasteiger partial charge in [0.25, 0.3) is 0 Å². The minimum atomic E-state index is -3.30. The van der Waals surface area contributed by atoms with Gasteiger partial charge in [0.15, 0.2) is 15.5 Å². The summed E-state index contributed by atoms with van der Waals surface area (Å²) in [4.78, 5) is 15.7. The van der Waals surface area contributed by atoms with Crippen molar-refractivity contribution in [2.75, 3.05) is 19.1 Å². The second kappa shape index (κ2) is 5.22. The summed E-state index contributed by atoms with van der Waals surface area (Å²) in [6.07, 6.45) is 1.13. The van der Waals surface area contributed by atoms with Gasteiger partial charge < -0.3 is 10.5 Å². The molecule has 20 heavy (non-hydrogen) atoms. The molecule has 6 nitrogen and oxygen atoms in total. The minimum Gasteiger partial charge on any atom is -0.464 e. The molecule has 1 heterocycles. The van der Waals surface area contributed by atoms with E-state index in [0.717, 1.165) is 17.6 Å². The van der Waals surface area contributed by atoms with E-state index < -0.39 is 15.8 Å². The summed E-state index contributed by atoms with van der Waals surface area (Å²) in [6, 6.07) is 6.31. The zero-order chi connectivity index (χ0) is 14.9. The first-order valence-corrected chi connectivity index (χ1v) is 8.19. The molecule has 0 spiro atoms. The van der Waals surface area contributed by atoms with E-state index in [1.807, 2.05) is 0 Å². The van der Waals surface area contributed by atoms with Crippen molar-refractivity contribution in [3.8, 4) is 10.6 Å². The van der Waals surface area contributed by atoms with Crippen LogP contribution in [0.3, 0.4) is 0 Å². The summed E-state index contributed by atoms with van der Waals surface area (Å²) in [7, 11) is -2.06. The first kappa shape index (κ1) is 14.5. The molecule has 0 saturated carbocycles. The van der Waals surface area contributed by atoms with Gasteiger partial charge in [-0.2, -0.15) is 0 Å². The molecule has 0 fully saturated rings. The maximum Gasteiger partial charge on any atom is 0.359 e. The van der Waals surface area contributed by atoms with Crippen LogP contribution in [-0.4, -0.2) is 32.7 Å². The average molecular weight is 312 g/mol. The highest BCUT2D eigenvalue weighted by Crippen LogP contribution is 2.31. The van der Waals surface area contributed by atoms with Crippen LogP contribution in [0.4, 0.5) is 5.00 Å². The summed E-state index contributed by atoms with van der Waals surface area (Å²) in [5.74, 6) is -0.621. The Morgan fingerprint density at radius 3 is 2.70 bits per heavy atom. The number of anilines is 1. The highest BCUT2D eigenvalue weighted by Gasteiger charge is 2.18. The smallest absolute Gasteiger partial charge is 0.359 e. The zero-order valence-electron chi connectivity index (χ0n) is 10.8. The van der Waals surface area contributed by atoms with Crippen molar-refractivity contribution >= 4 is 32.1 Å². The minimum absolute atomic E-state index is 0.0391. The molecular weight excluding hydrogens is 300 g/mol. The number of nitrogens with zero attached hydrogens (tertiary/aromatic N) is 1. The van der Waals surface area contributed by atoms with E-state index >= 15 is 0 Å². The third-order valence-electron chi connectivity index (χ3n) is 2.54. The Kier molecular flexibility index (Phi) is 3.78. The molecule has 1 aromatic heterocycles.